The van der Waals surface area contributed by atoms with Gasteiger partial charge in [-0.2, -0.15) is 0 Å². The van der Waals surface area contributed by atoms with Crippen LogP contribution >= 0.6 is 0 Å². The Kier molecular flexibility index (Phi) is 9.62. The second kappa shape index (κ2) is 12.7. The third kappa shape index (κ3) is 7.82. The van der Waals surface area contributed by atoms with E-state index in [4.69, 9.17) is 9.47 Å². The number of rotatable bonds is 8. The van der Waals surface area contributed by atoms with Gasteiger partial charge in [-0.15, -0.1) is 0 Å². The molecule has 0 aromatic heterocycles. The summed E-state index contributed by atoms with van der Waals surface area (Å²) < 4.78 is 11.9. The molecule has 0 saturated carbocycles. The molecular formula is C24H38N4O3. The molecule has 2 saturated heterocycles. The van der Waals surface area contributed by atoms with E-state index in [0.717, 1.165) is 63.6 Å². The number of aryl methyl sites for hydroxylation is 1. The van der Waals surface area contributed by atoms with Gasteiger partial charge in [0.1, 0.15) is 6.54 Å². The molecule has 0 bridgehead atoms. The zero-order valence-electron chi connectivity index (χ0n) is 19.1. The van der Waals surface area contributed by atoms with E-state index in [9.17, 15) is 4.79 Å². The summed E-state index contributed by atoms with van der Waals surface area (Å²) in [6.07, 6.45) is 6.94. The molecule has 172 valence electrons. The number of carbonyl (C=O) groups is 1. The Bertz CT molecular complexity index is 711. The molecule has 3 rings (SSSR count). The van der Waals surface area contributed by atoms with Crippen LogP contribution in [0.5, 0.6) is 0 Å². The van der Waals surface area contributed by atoms with Crippen molar-refractivity contribution in [2.24, 2.45) is 4.99 Å². The highest BCUT2D eigenvalue weighted by Crippen LogP contribution is 2.18. The van der Waals surface area contributed by atoms with Gasteiger partial charge >= 0.3 is 0 Å². The number of nitrogens with one attached hydrogen (secondary N) is 2. The Labute approximate surface area is 186 Å². The minimum absolute atomic E-state index is 0.102. The van der Waals surface area contributed by atoms with Crippen molar-refractivity contribution >= 4 is 17.6 Å². The largest absolute Gasteiger partial charge is 0.376 e. The number of nitrogens with zero attached hydrogens (tertiary/aromatic N) is 2. The molecule has 1 amide bonds. The Hall–Kier alpha value is -2.12. The zero-order chi connectivity index (χ0) is 21.9. The second-order valence-electron chi connectivity index (χ2n) is 8.28. The highest BCUT2D eigenvalue weighted by atomic mass is 16.5. The molecule has 2 heterocycles. The van der Waals surface area contributed by atoms with Crippen molar-refractivity contribution in [3.05, 3.63) is 29.8 Å². The smallest absolute Gasteiger partial charge is 0.246 e. The summed E-state index contributed by atoms with van der Waals surface area (Å²) in [6, 6.07) is 7.95. The lowest BCUT2D eigenvalue weighted by molar-refractivity contribution is -0.114. The standard InChI is InChI=1S/C24H38N4O3/c1-3-19-8-7-9-20(16-19)27-23(29)17-26-24(25-4-2)28-13-11-21(12-14-28)31-18-22-10-5-6-15-30-22/h7-9,16,21-22H,3-6,10-15,17-18H2,1-2H3,(H,25,26)(H,27,29). The number of ether oxygens (including phenoxy) is 2. The third-order valence-corrected chi connectivity index (χ3v) is 5.86. The summed E-state index contributed by atoms with van der Waals surface area (Å²) >= 11 is 0. The highest BCUT2D eigenvalue weighted by Gasteiger charge is 2.24. The van der Waals surface area contributed by atoms with Gasteiger partial charge < -0.3 is 25.0 Å². The van der Waals surface area contributed by atoms with Gasteiger partial charge in [0.25, 0.3) is 0 Å². The normalized spacial score (nSPS) is 20.5. The fraction of sp³-hybridized carbons (Fsp3) is 0.667. The summed E-state index contributed by atoms with van der Waals surface area (Å²) in [5.41, 5.74) is 2.03. The number of likely N-dealkylation sites (tertiary alicyclic amines) is 1. The first-order valence-corrected chi connectivity index (χ1v) is 11.8. The van der Waals surface area contributed by atoms with E-state index < -0.39 is 0 Å². The Morgan fingerprint density at radius 1 is 1.23 bits per heavy atom. The molecule has 1 atom stereocenters. The molecule has 0 aliphatic carbocycles. The zero-order valence-corrected chi connectivity index (χ0v) is 19.1. The molecule has 1 aromatic carbocycles. The molecular weight excluding hydrogens is 392 g/mol. The van der Waals surface area contributed by atoms with Crippen LogP contribution in [-0.4, -0.2) is 68.4 Å². The van der Waals surface area contributed by atoms with Crippen LogP contribution < -0.4 is 10.6 Å². The molecule has 2 aliphatic heterocycles. The molecule has 2 N–H and O–H groups in total. The highest BCUT2D eigenvalue weighted by molar-refractivity contribution is 5.94. The van der Waals surface area contributed by atoms with E-state index in [1.165, 1.54) is 18.4 Å². The minimum atomic E-state index is -0.102. The summed E-state index contributed by atoms with van der Waals surface area (Å²) in [4.78, 5) is 19.2. The van der Waals surface area contributed by atoms with Crippen LogP contribution in [0.4, 0.5) is 5.69 Å². The Balaban J connectivity index is 1.44. The van der Waals surface area contributed by atoms with Gasteiger partial charge in [0.2, 0.25) is 5.91 Å². The van der Waals surface area contributed by atoms with Crippen molar-refractivity contribution < 1.29 is 14.3 Å². The average molecular weight is 431 g/mol. The van der Waals surface area contributed by atoms with Crippen LogP contribution in [0, 0.1) is 0 Å². The average Bonchev–Trinajstić information content (AvgIpc) is 2.81. The van der Waals surface area contributed by atoms with E-state index in [-0.39, 0.29) is 24.7 Å². The van der Waals surface area contributed by atoms with Crippen molar-refractivity contribution in [1.29, 1.82) is 0 Å². The lowest BCUT2D eigenvalue weighted by Gasteiger charge is -2.35. The van der Waals surface area contributed by atoms with Gasteiger partial charge in [-0.1, -0.05) is 19.1 Å². The first-order valence-electron chi connectivity index (χ1n) is 11.8. The fourth-order valence-corrected chi connectivity index (χ4v) is 4.06. The lowest BCUT2D eigenvalue weighted by atomic mass is 10.1. The van der Waals surface area contributed by atoms with E-state index in [1.807, 2.05) is 25.1 Å². The number of benzene rings is 1. The van der Waals surface area contributed by atoms with Gasteiger partial charge in [-0.05, 0) is 63.1 Å². The van der Waals surface area contributed by atoms with Gasteiger partial charge in [0.05, 0.1) is 18.8 Å². The molecule has 31 heavy (non-hydrogen) atoms. The van der Waals surface area contributed by atoms with Crippen LogP contribution in [0.1, 0.15) is 51.5 Å². The van der Waals surface area contributed by atoms with Crippen LogP contribution in [0.15, 0.2) is 29.3 Å². The number of hydrogen-bond acceptors (Lipinski definition) is 4. The number of anilines is 1. The molecule has 2 fully saturated rings. The van der Waals surface area contributed by atoms with Gasteiger partial charge in [-0.3, -0.25) is 4.79 Å². The van der Waals surface area contributed by atoms with Crippen molar-refractivity contribution in [1.82, 2.24) is 10.2 Å². The summed E-state index contributed by atoms with van der Waals surface area (Å²) in [5.74, 6) is 0.698. The first-order chi connectivity index (χ1) is 15.2. The maximum Gasteiger partial charge on any atom is 0.246 e. The number of guanidine groups is 1. The van der Waals surface area contributed by atoms with E-state index in [0.29, 0.717) is 6.61 Å². The maximum atomic E-state index is 12.4. The van der Waals surface area contributed by atoms with Crippen molar-refractivity contribution in [3.8, 4) is 0 Å². The number of piperidine rings is 1. The van der Waals surface area contributed by atoms with Crippen molar-refractivity contribution in [3.63, 3.8) is 0 Å². The SMILES string of the molecule is CCNC(=NCC(=O)Nc1cccc(CC)c1)N1CCC(OCC2CCCCO2)CC1. The van der Waals surface area contributed by atoms with Crippen molar-refractivity contribution in [2.45, 2.75) is 64.6 Å². The van der Waals surface area contributed by atoms with Gasteiger partial charge in [-0.25, -0.2) is 4.99 Å². The first kappa shape index (κ1) is 23.5. The second-order valence-corrected chi connectivity index (χ2v) is 8.28. The summed E-state index contributed by atoms with van der Waals surface area (Å²) in [7, 11) is 0. The van der Waals surface area contributed by atoms with Gasteiger partial charge in [0, 0.05) is 31.9 Å². The van der Waals surface area contributed by atoms with Crippen LogP contribution in [0.3, 0.4) is 0 Å². The van der Waals surface area contributed by atoms with E-state index in [2.05, 4.69) is 33.5 Å². The molecule has 7 heteroatoms. The third-order valence-electron chi connectivity index (χ3n) is 5.86. The fourth-order valence-electron chi connectivity index (χ4n) is 4.06. The summed E-state index contributed by atoms with van der Waals surface area (Å²) in [5, 5.41) is 6.27. The number of carbonyl (C=O) groups excluding carboxylic acids is 1. The molecule has 1 unspecified atom stereocenters. The van der Waals surface area contributed by atoms with E-state index >= 15 is 0 Å². The Morgan fingerprint density at radius 2 is 2.06 bits per heavy atom. The predicted molar refractivity (Wildman–Crippen MR) is 125 cm³/mol. The van der Waals surface area contributed by atoms with Crippen LogP contribution in [0.25, 0.3) is 0 Å². The van der Waals surface area contributed by atoms with Crippen LogP contribution in [-0.2, 0) is 20.7 Å². The number of amides is 1. The molecule has 1 aromatic rings. The monoisotopic (exact) mass is 430 g/mol. The lowest BCUT2D eigenvalue weighted by Crippen LogP contribution is -2.47. The number of hydrogen-bond donors (Lipinski definition) is 2. The molecule has 7 nitrogen and oxygen atoms in total. The maximum absolute atomic E-state index is 12.4. The van der Waals surface area contributed by atoms with Gasteiger partial charge in [0.15, 0.2) is 5.96 Å². The summed E-state index contributed by atoms with van der Waals surface area (Å²) in [6.45, 7) is 8.36. The number of aliphatic imine (C=N–C) groups is 1. The molecule has 0 spiro atoms. The molecule has 2 aliphatic rings. The molecule has 0 radical (unpaired) electrons. The Morgan fingerprint density at radius 3 is 2.77 bits per heavy atom. The van der Waals surface area contributed by atoms with E-state index in [1.54, 1.807) is 0 Å². The predicted octanol–water partition coefficient (Wildman–Crippen LogP) is 3.20. The minimum Gasteiger partial charge on any atom is -0.376 e. The van der Waals surface area contributed by atoms with Crippen molar-refractivity contribution in [2.75, 3.05) is 44.7 Å². The quantitative estimate of drug-likeness (QED) is 0.489. The van der Waals surface area contributed by atoms with Crippen LogP contribution in [0.2, 0.25) is 0 Å². The topological polar surface area (TPSA) is 75.2 Å².